The quantitative estimate of drug-likeness (QED) is 0.641. The number of rotatable bonds is 2. The van der Waals surface area contributed by atoms with Gasteiger partial charge in [0.2, 0.25) is 0 Å². The van der Waals surface area contributed by atoms with E-state index < -0.39 is 5.97 Å². The monoisotopic (exact) mass is 181 g/mol. The molecule has 0 bridgehead atoms. The van der Waals surface area contributed by atoms with Crippen LogP contribution in [0.15, 0.2) is 23.1 Å². The number of carbonyl (C=O) groups excluding carboxylic acids is 1. The average molecular weight is 181 g/mol. The lowest BCUT2D eigenvalue weighted by Crippen LogP contribution is -2.23. The van der Waals surface area contributed by atoms with Crippen LogP contribution in [-0.4, -0.2) is 12.2 Å². The SMILES string of the molecule is CSc1ccc(C)c(C(=O)[O-])c1. The van der Waals surface area contributed by atoms with E-state index in [9.17, 15) is 9.90 Å². The molecular formula is C9H9O2S-. The van der Waals surface area contributed by atoms with Gasteiger partial charge in [-0.15, -0.1) is 11.8 Å². The van der Waals surface area contributed by atoms with Gasteiger partial charge in [-0.05, 0) is 30.9 Å². The number of hydrogen-bond acceptors (Lipinski definition) is 3. The van der Waals surface area contributed by atoms with E-state index in [0.29, 0.717) is 0 Å². The molecule has 0 aliphatic heterocycles. The van der Waals surface area contributed by atoms with Crippen molar-refractivity contribution in [1.29, 1.82) is 0 Å². The number of benzene rings is 1. The second-order valence-electron chi connectivity index (χ2n) is 2.47. The summed E-state index contributed by atoms with van der Waals surface area (Å²) in [7, 11) is 0. The lowest BCUT2D eigenvalue weighted by molar-refractivity contribution is -0.255. The topological polar surface area (TPSA) is 40.1 Å². The molecule has 1 aromatic rings. The summed E-state index contributed by atoms with van der Waals surface area (Å²) in [6, 6.07) is 5.32. The van der Waals surface area contributed by atoms with Crippen LogP contribution >= 0.6 is 11.8 Å². The van der Waals surface area contributed by atoms with E-state index in [1.165, 1.54) is 11.8 Å². The Morgan fingerprint density at radius 1 is 1.50 bits per heavy atom. The molecule has 0 atom stereocenters. The van der Waals surface area contributed by atoms with E-state index >= 15 is 0 Å². The Balaban J connectivity index is 3.17. The number of carboxylic acid groups (broad SMARTS) is 1. The maximum Gasteiger partial charge on any atom is 0.0718 e. The molecule has 0 aliphatic carbocycles. The standard InChI is InChI=1S/C9H10O2S/c1-6-3-4-7(12-2)5-8(6)9(10)11/h3-5H,1-2H3,(H,10,11)/p-1. The van der Waals surface area contributed by atoms with E-state index in [1.54, 1.807) is 19.1 Å². The van der Waals surface area contributed by atoms with Crippen molar-refractivity contribution in [3.63, 3.8) is 0 Å². The summed E-state index contributed by atoms with van der Waals surface area (Å²) in [6.07, 6.45) is 1.91. The highest BCUT2D eigenvalue weighted by molar-refractivity contribution is 7.98. The summed E-state index contributed by atoms with van der Waals surface area (Å²) >= 11 is 1.52. The Morgan fingerprint density at radius 3 is 2.67 bits per heavy atom. The lowest BCUT2D eigenvalue weighted by Gasteiger charge is -2.07. The number of thioether (sulfide) groups is 1. The molecule has 0 unspecified atom stereocenters. The van der Waals surface area contributed by atoms with Crippen LogP contribution in [0, 0.1) is 6.92 Å². The minimum atomic E-state index is -1.11. The molecule has 1 aromatic carbocycles. The maximum atomic E-state index is 10.6. The largest absolute Gasteiger partial charge is 0.545 e. The molecule has 0 saturated carbocycles. The van der Waals surface area contributed by atoms with Gasteiger partial charge >= 0.3 is 0 Å². The molecular weight excluding hydrogens is 172 g/mol. The predicted molar refractivity (Wildman–Crippen MR) is 47.3 cm³/mol. The van der Waals surface area contributed by atoms with Gasteiger partial charge in [0, 0.05) is 10.5 Å². The van der Waals surface area contributed by atoms with Crippen LogP contribution in [-0.2, 0) is 0 Å². The van der Waals surface area contributed by atoms with E-state index in [4.69, 9.17) is 0 Å². The van der Waals surface area contributed by atoms with Gasteiger partial charge in [0.1, 0.15) is 0 Å². The molecule has 0 heterocycles. The fourth-order valence-corrected chi connectivity index (χ4v) is 1.39. The van der Waals surface area contributed by atoms with E-state index in [2.05, 4.69) is 0 Å². The molecule has 0 spiro atoms. The van der Waals surface area contributed by atoms with Gasteiger partial charge in [-0.25, -0.2) is 0 Å². The third kappa shape index (κ3) is 1.80. The average Bonchev–Trinajstić information content (AvgIpc) is 2.05. The molecule has 0 saturated heterocycles. The Hall–Kier alpha value is -0.960. The molecule has 2 nitrogen and oxygen atoms in total. The van der Waals surface area contributed by atoms with Crippen molar-refractivity contribution in [3.8, 4) is 0 Å². The van der Waals surface area contributed by atoms with Crippen molar-refractivity contribution in [2.75, 3.05) is 6.26 Å². The van der Waals surface area contributed by atoms with Gasteiger partial charge in [-0.1, -0.05) is 6.07 Å². The Bertz CT molecular complexity index is 307. The fraction of sp³-hybridized carbons (Fsp3) is 0.222. The van der Waals surface area contributed by atoms with Crippen LogP contribution in [0.1, 0.15) is 15.9 Å². The second kappa shape index (κ2) is 3.63. The third-order valence-corrected chi connectivity index (χ3v) is 2.39. The smallest absolute Gasteiger partial charge is 0.0718 e. The first-order valence-electron chi connectivity index (χ1n) is 3.51. The van der Waals surface area contributed by atoms with E-state index in [-0.39, 0.29) is 5.56 Å². The Labute approximate surface area is 75.6 Å². The normalized spacial score (nSPS) is 9.83. The van der Waals surface area contributed by atoms with Gasteiger partial charge in [0.15, 0.2) is 0 Å². The number of carboxylic acids is 1. The summed E-state index contributed by atoms with van der Waals surface area (Å²) in [5.41, 5.74) is 1.02. The van der Waals surface area contributed by atoms with Crippen LogP contribution in [0.4, 0.5) is 0 Å². The summed E-state index contributed by atoms with van der Waals surface area (Å²) in [4.78, 5) is 11.5. The molecule has 0 amide bonds. The van der Waals surface area contributed by atoms with Gasteiger partial charge in [-0.2, -0.15) is 0 Å². The minimum absolute atomic E-state index is 0.279. The van der Waals surface area contributed by atoms with Gasteiger partial charge in [-0.3, -0.25) is 0 Å². The molecule has 0 aliphatic rings. The summed E-state index contributed by atoms with van der Waals surface area (Å²) < 4.78 is 0. The van der Waals surface area contributed by atoms with Crippen molar-refractivity contribution in [1.82, 2.24) is 0 Å². The van der Waals surface area contributed by atoms with Crippen LogP contribution in [0.3, 0.4) is 0 Å². The number of aryl methyl sites for hydroxylation is 1. The predicted octanol–water partition coefficient (Wildman–Crippen LogP) is 1.08. The first-order chi connectivity index (χ1) is 5.65. The highest BCUT2D eigenvalue weighted by atomic mass is 32.2. The molecule has 12 heavy (non-hydrogen) atoms. The zero-order valence-electron chi connectivity index (χ0n) is 6.96. The first-order valence-corrected chi connectivity index (χ1v) is 4.73. The second-order valence-corrected chi connectivity index (χ2v) is 3.35. The van der Waals surface area contributed by atoms with Crippen LogP contribution in [0.2, 0.25) is 0 Å². The molecule has 0 fully saturated rings. The van der Waals surface area contributed by atoms with Gasteiger partial charge < -0.3 is 9.90 Å². The lowest BCUT2D eigenvalue weighted by atomic mass is 10.1. The third-order valence-electron chi connectivity index (χ3n) is 1.66. The maximum absolute atomic E-state index is 10.6. The zero-order chi connectivity index (χ0) is 9.14. The van der Waals surface area contributed by atoms with Gasteiger partial charge in [0.05, 0.1) is 5.97 Å². The zero-order valence-corrected chi connectivity index (χ0v) is 7.77. The summed E-state index contributed by atoms with van der Waals surface area (Å²) in [5, 5.41) is 10.6. The number of hydrogen-bond donors (Lipinski definition) is 0. The minimum Gasteiger partial charge on any atom is -0.545 e. The van der Waals surface area contributed by atoms with Crippen LogP contribution in [0.25, 0.3) is 0 Å². The number of aromatic carboxylic acids is 1. The van der Waals surface area contributed by atoms with Crippen molar-refractivity contribution in [2.24, 2.45) is 0 Å². The van der Waals surface area contributed by atoms with Crippen molar-refractivity contribution in [2.45, 2.75) is 11.8 Å². The fourth-order valence-electron chi connectivity index (χ4n) is 0.948. The van der Waals surface area contributed by atoms with Gasteiger partial charge in [0.25, 0.3) is 0 Å². The van der Waals surface area contributed by atoms with Crippen LogP contribution < -0.4 is 5.11 Å². The van der Waals surface area contributed by atoms with E-state index in [1.807, 2.05) is 12.3 Å². The molecule has 1 rings (SSSR count). The molecule has 0 N–H and O–H groups in total. The van der Waals surface area contributed by atoms with Crippen molar-refractivity contribution < 1.29 is 9.90 Å². The molecule has 0 radical (unpaired) electrons. The Morgan fingerprint density at radius 2 is 2.17 bits per heavy atom. The van der Waals surface area contributed by atoms with E-state index in [0.717, 1.165) is 10.5 Å². The molecule has 3 heteroatoms. The van der Waals surface area contributed by atoms with Crippen molar-refractivity contribution in [3.05, 3.63) is 29.3 Å². The summed E-state index contributed by atoms with van der Waals surface area (Å²) in [5.74, 6) is -1.11. The highest BCUT2D eigenvalue weighted by Crippen LogP contribution is 2.18. The molecule has 64 valence electrons. The molecule has 0 aromatic heterocycles. The number of carbonyl (C=O) groups is 1. The summed E-state index contributed by atoms with van der Waals surface area (Å²) in [6.45, 7) is 1.76. The first kappa shape index (κ1) is 9.13. The van der Waals surface area contributed by atoms with Crippen LogP contribution in [0.5, 0.6) is 0 Å². The Kier molecular flexibility index (Phi) is 2.76. The van der Waals surface area contributed by atoms with Crippen molar-refractivity contribution >= 4 is 17.7 Å². The highest BCUT2D eigenvalue weighted by Gasteiger charge is 1.99.